The molecule has 1 heterocycles. The molecule has 1 spiro atoms. The lowest BCUT2D eigenvalue weighted by Crippen LogP contribution is -2.49. The molecule has 58 valence electrons. The van der Waals surface area contributed by atoms with Gasteiger partial charge in [0.05, 0.1) is 5.60 Å². The third kappa shape index (κ3) is 0.722. The van der Waals surface area contributed by atoms with Crippen molar-refractivity contribution in [2.24, 2.45) is 11.7 Å². The van der Waals surface area contributed by atoms with Crippen LogP contribution in [0.25, 0.3) is 0 Å². The molecular formula is C8H15NO. The van der Waals surface area contributed by atoms with Crippen LogP contribution in [0, 0.1) is 5.92 Å². The summed E-state index contributed by atoms with van der Waals surface area (Å²) in [6.07, 6.45) is 5.05. The van der Waals surface area contributed by atoms with Gasteiger partial charge < -0.3 is 10.5 Å². The van der Waals surface area contributed by atoms with Crippen LogP contribution >= 0.6 is 0 Å². The molecule has 1 aliphatic carbocycles. The highest BCUT2D eigenvalue weighted by Crippen LogP contribution is 2.47. The van der Waals surface area contributed by atoms with Gasteiger partial charge in [0.2, 0.25) is 0 Å². The summed E-state index contributed by atoms with van der Waals surface area (Å²) in [5.41, 5.74) is 5.87. The van der Waals surface area contributed by atoms with Gasteiger partial charge in [0, 0.05) is 12.5 Å². The number of rotatable bonds is 1. The molecule has 2 atom stereocenters. The zero-order valence-corrected chi connectivity index (χ0v) is 6.31. The van der Waals surface area contributed by atoms with Crippen molar-refractivity contribution in [3.8, 4) is 0 Å². The first-order valence-electron chi connectivity index (χ1n) is 4.21. The third-order valence-electron chi connectivity index (χ3n) is 3.08. The Morgan fingerprint density at radius 3 is 2.80 bits per heavy atom. The first-order valence-corrected chi connectivity index (χ1v) is 4.21. The summed E-state index contributed by atoms with van der Waals surface area (Å²) < 4.78 is 5.70. The van der Waals surface area contributed by atoms with Crippen molar-refractivity contribution >= 4 is 0 Å². The Kier molecular flexibility index (Phi) is 1.46. The summed E-state index contributed by atoms with van der Waals surface area (Å²) in [5.74, 6) is 0.676. The Hall–Kier alpha value is -0.0800. The molecule has 10 heavy (non-hydrogen) atoms. The lowest BCUT2D eigenvalue weighted by atomic mass is 9.68. The van der Waals surface area contributed by atoms with E-state index in [-0.39, 0.29) is 5.60 Å². The number of nitrogens with two attached hydrogens (primary N) is 1. The van der Waals surface area contributed by atoms with Gasteiger partial charge in [-0.3, -0.25) is 0 Å². The first kappa shape index (κ1) is 6.62. The van der Waals surface area contributed by atoms with Crippen LogP contribution in [0.5, 0.6) is 0 Å². The smallest absolute Gasteiger partial charge is 0.0723 e. The number of hydrogen-bond acceptors (Lipinski definition) is 2. The minimum absolute atomic E-state index is 0.259. The predicted molar refractivity (Wildman–Crippen MR) is 39.7 cm³/mol. The molecule has 2 rings (SSSR count). The van der Waals surface area contributed by atoms with Gasteiger partial charge in [-0.05, 0) is 32.2 Å². The average molecular weight is 141 g/mol. The van der Waals surface area contributed by atoms with E-state index in [0.717, 1.165) is 13.2 Å². The number of ether oxygens (including phenoxy) is 1. The average Bonchev–Trinajstić information content (AvgIpc) is 2.35. The van der Waals surface area contributed by atoms with Crippen LogP contribution in [0.1, 0.15) is 25.7 Å². The standard InChI is InChI=1S/C8H15NO/c9-6-7-2-4-8(7)3-1-5-10-8/h7H,1-6,9H2. The summed E-state index contributed by atoms with van der Waals surface area (Å²) in [7, 11) is 0. The van der Waals surface area contributed by atoms with Crippen molar-refractivity contribution in [2.75, 3.05) is 13.2 Å². The highest BCUT2D eigenvalue weighted by atomic mass is 16.5. The molecule has 0 aromatic carbocycles. The van der Waals surface area contributed by atoms with Crippen LogP contribution in [0.4, 0.5) is 0 Å². The maximum absolute atomic E-state index is 5.70. The van der Waals surface area contributed by atoms with Crippen LogP contribution in [-0.4, -0.2) is 18.8 Å². The van der Waals surface area contributed by atoms with Gasteiger partial charge in [0.25, 0.3) is 0 Å². The Labute approximate surface area is 61.7 Å². The summed E-state index contributed by atoms with van der Waals surface area (Å²) in [4.78, 5) is 0. The van der Waals surface area contributed by atoms with E-state index in [1.807, 2.05) is 0 Å². The maximum Gasteiger partial charge on any atom is 0.0723 e. The maximum atomic E-state index is 5.70. The van der Waals surface area contributed by atoms with Crippen LogP contribution in [-0.2, 0) is 4.74 Å². The van der Waals surface area contributed by atoms with Crippen molar-refractivity contribution in [1.82, 2.24) is 0 Å². The zero-order valence-electron chi connectivity index (χ0n) is 6.31. The Morgan fingerprint density at radius 1 is 1.50 bits per heavy atom. The van der Waals surface area contributed by atoms with Gasteiger partial charge in [0.15, 0.2) is 0 Å². The number of hydrogen-bond donors (Lipinski definition) is 1. The Bertz CT molecular complexity index is 127. The van der Waals surface area contributed by atoms with Gasteiger partial charge in [-0.25, -0.2) is 0 Å². The van der Waals surface area contributed by atoms with Crippen molar-refractivity contribution < 1.29 is 4.74 Å². The van der Waals surface area contributed by atoms with Gasteiger partial charge in [-0.1, -0.05) is 0 Å². The second-order valence-electron chi connectivity index (χ2n) is 3.49. The van der Waals surface area contributed by atoms with E-state index in [2.05, 4.69) is 0 Å². The molecule has 0 radical (unpaired) electrons. The first-order chi connectivity index (χ1) is 4.87. The van der Waals surface area contributed by atoms with Crippen molar-refractivity contribution in [3.63, 3.8) is 0 Å². The molecule has 2 fully saturated rings. The third-order valence-corrected chi connectivity index (χ3v) is 3.08. The second kappa shape index (κ2) is 2.21. The highest BCUT2D eigenvalue weighted by molar-refractivity contribution is 5.00. The van der Waals surface area contributed by atoms with Crippen LogP contribution in [0.2, 0.25) is 0 Å². The van der Waals surface area contributed by atoms with E-state index in [1.54, 1.807) is 0 Å². The molecule has 1 aliphatic heterocycles. The quantitative estimate of drug-likeness (QED) is 0.589. The summed E-state index contributed by atoms with van der Waals surface area (Å²) in [6, 6.07) is 0. The van der Waals surface area contributed by atoms with E-state index in [0.29, 0.717) is 5.92 Å². The molecule has 1 saturated heterocycles. The van der Waals surface area contributed by atoms with Crippen molar-refractivity contribution in [2.45, 2.75) is 31.3 Å². The largest absolute Gasteiger partial charge is 0.375 e. The molecule has 1 saturated carbocycles. The monoisotopic (exact) mass is 141 g/mol. The van der Waals surface area contributed by atoms with E-state index in [9.17, 15) is 0 Å². The van der Waals surface area contributed by atoms with Crippen LogP contribution in [0.3, 0.4) is 0 Å². The summed E-state index contributed by atoms with van der Waals surface area (Å²) in [6.45, 7) is 1.79. The van der Waals surface area contributed by atoms with Crippen molar-refractivity contribution in [1.29, 1.82) is 0 Å². The lowest BCUT2D eigenvalue weighted by molar-refractivity contribution is -0.106. The van der Waals surface area contributed by atoms with E-state index < -0.39 is 0 Å². The van der Waals surface area contributed by atoms with Gasteiger partial charge in [-0.15, -0.1) is 0 Å². The van der Waals surface area contributed by atoms with Gasteiger partial charge >= 0.3 is 0 Å². The molecule has 0 amide bonds. The second-order valence-corrected chi connectivity index (χ2v) is 3.49. The molecular weight excluding hydrogens is 126 g/mol. The predicted octanol–water partition coefficient (Wildman–Crippen LogP) is 0.904. The molecule has 0 aromatic heterocycles. The summed E-state index contributed by atoms with van der Waals surface area (Å²) >= 11 is 0. The molecule has 0 aromatic rings. The van der Waals surface area contributed by atoms with E-state index in [4.69, 9.17) is 10.5 Å². The fraction of sp³-hybridized carbons (Fsp3) is 1.00. The molecule has 0 bridgehead atoms. The summed E-state index contributed by atoms with van der Waals surface area (Å²) in [5, 5.41) is 0. The minimum atomic E-state index is 0.259. The lowest BCUT2D eigenvalue weighted by Gasteiger charge is -2.45. The molecule has 2 N–H and O–H groups in total. The molecule has 2 aliphatic rings. The molecule has 2 nitrogen and oxygen atoms in total. The van der Waals surface area contributed by atoms with Crippen molar-refractivity contribution in [3.05, 3.63) is 0 Å². The zero-order chi connectivity index (χ0) is 7.03. The van der Waals surface area contributed by atoms with Crippen LogP contribution < -0.4 is 5.73 Å². The molecule has 2 unspecified atom stereocenters. The SMILES string of the molecule is NCC1CCC12CCCO2. The fourth-order valence-electron chi connectivity index (χ4n) is 2.24. The van der Waals surface area contributed by atoms with Gasteiger partial charge in [0.1, 0.15) is 0 Å². The van der Waals surface area contributed by atoms with Gasteiger partial charge in [-0.2, -0.15) is 0 Å². The van der Waals surface area contributed by atoms with E-state index >= 15 is 0 Å². The normalized spacial score (nSPS) is 45.9. The van der Waals surface area contributed by atoms with Crippen LogP contribution in [0.15, 0.2) is 0 Å². The Balaban J connectivity index is 2.01. The molecule has 2 heteroatoms. The topological polar surface area (TPSA) is 35.2 Å². The Morgan fingerprint density at radius 2 is 2.40 bits per heavy atom. The highest BCUT2D eigenvalue weighted by Gasteiger charge is 2.48. The fourth-order valence-corrected chi connectivity index (χ4v) is 2.24. The van der Waals surface area contributed by atoms with E-state index in [1.165, 1.54) is 25.7 Å². The minimum Gasteiger partial charge on any atom is -0.375 e.